The standard InChI is InChI=1S/C28H37N3O9S/c1-28-9-8-15-14(16(28)4-6-20(28)33)3-2-13-10-19(32)24(37)25(23(13)15)41-12-18(26(38)30-11-22(35)36)31-21(34)7-5-17(29)27(39)40/h10,14-18,32,37H,2-9,11-12,29H2,1H3,(H,30,38)(H,31,34)(H,35,36)(H,39,40)/t14-,15+,16+,17?,18?,28+/m1/s1. The highest BCUT2D eigenvalue weighted by molar-refractivity contribution is 7.99. The molecule has 0 aromatic heterocycles. The summed E-state index contributed by atoms with van der Waals surface area (Å²) >= 11 is 1.08. The van der Waals surface area contributed by atoms with Gasteiger partial charge in [0.2, 0.25) is 11.8 Å². The summed E-state index contributed by atoms with van der Waals surface area (Å²) in [6.45, 7) is 1.39. The minimum absolute atomic E-state index is 0.0584. The van der Waals surface area contributed by atoms with Gasteiger partial charge in [0.15, 0.2) is 11.5 Å². The Hall–Kier alpha value is -3.32. The Kier molecular flexibility index (Phi) is 9.17. The lowest BCUT2D eigenvalue weighted by atomic mass is 9.55. The van der Waals surface area contributed by atoms with Gasteiger partial charge in [-0.25, -0.2) is 0 Å². The molecule has 224 valence electrons. The number of aryl methyl sites for hydroxylation is 1. The van der Waals surface area contributed by atoms with Crippen LogP contribution < -0.4 is 16.4 Å². The molecule has 0 bridgehead atoms. The van der Waals surface area contributed by atoms with Crippen molar-refractivity contribution in [1.29, 1.82) is 0 Å². The molecule has 0 heterocycles. The predicted octanol–water partition coefficient (Wildman–Crippen LogP) is 1.49. The molecule has 2 unspecified atom stereocenters. The molecule has 12 nitrogen and oxygen atoms in total. The number of carbonyl (C=O) groups is 5. The molecule has 0 saturated heterocycles. The Morgan fingerprint density at radius 1 is 1.15 bits per heavy atom. The topological polar surface area (TPSA) is 216 Å². The van der Waals surface area contributed by atoms with Gasteiger partial charge >= 0.3 is 11.9 Å². The zero-order chi connectivity index (χ0) is 30.1. The molecule has 1 aromatic rings. The van der Waals surface area contributed by atoms with Gasteiger partial charge in [0.05, 0.1) is 4.90 Å². The SMILES string of the molecule is C[C@]12CC[C@@H]3c4c(cc(O)c(O)c4SCC(NC(=O)CCC(N)C(=O)O)C(=O)NCC(=O)O)CC[C@H]3[C@@H]1CCC2=O. The number of aliphatic carboxylic acids is 2. The molecule has 1 aromatic carbocycles. The van der Waals surface area contributed by atoms with Gasteiger partial charge < -0.3 is 36.8 Å². The third-order valence-electron chi connectivity index (χ3n) is 9.08. The van der Waals surface area contributed by atoms with Crippen molar-refractivity contribution < 1.29 is 44.4 Å². The monoisotopic (exact) mass is 591 g/mol. The number of Topliss-reactive ketones (excluding diaryl/α,β-unsaturated/α-hetero) is 1. The van der Waals surface area contributed by atoms with Gasteiger partial charge in [-0.15, -0.1) is 11.8 Å². The van der Waals surface area contributed by atoms with E-state index in [-0.39, 0.29) is 53.3 Å². The molecule has 0 spiro atoms. The van der Waals surface area contributed by atoms with Crippen molar-refractivity contribution >= 4 is 41.3 Å². The van der Waals surface area contributed by atoms with Crippen LogP contribution in [0.3, 0.4) is 0 Å². The van der Waals surface area contributed by atoms with E-state index in [2.05, 4.69) is 17.6 Å². The number of fused-ring (bicyclic) bond motifs is 5. The van der Waals surface area contributed by atoms with E-state index >= 15 is 0 Å². The summed E-state index contributed by atoms with van der Waals surface area (Å²) in [6.07, 6.45) is 4.00. The van der Waals surface area contributed by atoms with Crippen LogP contribution in [0.25, 0.3) is 0 Å². The number of phenolic OH excluding ortho intramolecular Hbond substituents is 2. The average Bonchev–Trinajstić information content (AvgIpc) is 3.23. The number of carboxylic acids is 2. The number of nitrogens with two attached hydrogens (primary N) is 1. The highest BCUT2D eigenvalue weighted by atomic mass is 32.2. The fourth-order valence-electron chi connectivity index (χ4n) is 6.91. The zero-order valence-electron chi connectivity index (χ0n) is 22.9. The number of amides is 2. The molecule has 2 amide bonds. The molecule has 0 aliphatic heterocycles. The van der Waals surface area contributed by atoms with Crippen molar-refractivity contribution in [3.05, 3.63) is 17.2 Å². The van der Waals surface area contributed by atoms with Crippen molar-refractivity contribution in [2.24, 2.45) is 23.0 Å². The highest BCUT2D eigenvalue weighted by Crippen LogP contribution is 2.61. The third-order valence-corrected chi connectivity index (χ3v) is 10.3. The molecule has 13 heteroatoms. The Balaban J connectivity index is 1.57. The lowest BCUT2D eigenvalue weighted by Crippen LogP contribution is -2.49. The Morgan fingerprint density at radius 2 is 1.88 bits per heavy atom. The first-order valence-corrected chi connectivity index (χ1v) is 14.8. The van der Waals surface area contributed by atoms with E-state index in [1.54, 1.807) is 6.07 Å². The van der Waals surface area contributed by atoms with Gasteiger partial charge in [-0.2, -0.15) is 0 Å². The molecule has 2 saturated carbocycles. The van der Waals surface area contributed by atoms with Crippen LogP contribution in [0.1, 0.15) is 68.9 Å². The van der Waals surface area contributed by atoms with Crippen molar-refractivity contribution in [1.82, 2.24) is 10.6 Å². The van der Waals surface area contributed by atoms with Gasteiger partial charge in [-0.05, 0) is 73.5 Å². The molecule has 6 atom stereocenters. The summed E-state index contributed by atoms with van der Waals surface area (Å²) in [4.78, 5) is 60.5. The average molecular weight is 592 g/mol. The molecular formula is C28H37N3O9S. The summed E-state index contributed by atoms with van der Waals surface area (Å²) in [5.41, 5.74) is 6.92. The maximum absolute atomic E-state index is 12.8. The summed E-state index contributed by atoms with van der Waals surface area (Å²) in [5.74, 6) is -3.81. The van der Waals surface area contributed by atoms with Crippen LogP contribution in [0.4, 0.5) is 0 Å². The van der Waals surface area contributed by atoms with Crippen LogP contribution in [0.15, 0.2) is 11.0 Å². The number of hydrogen-bond donors (Lipinski definition) is 7. The molecule has 4 rings (SSSR count). The summed E-state index contributed by atoms with van der Waals surface area (Å²) in [6, 6.07) is -0.902. The molecule has 41 heavy (non-hydrogen) atoms. The summed E-state index contributed by atoms with van der Waals surface area (Å²) in [7, 11) is 0. The number of benzene rings is 1. The number of ketones is 1. The normalized spacial score (nSPS) is 26.2. The number of phenols is 2. The second kappa shape index (κ2) is 12.3. The quantitative estimate of drug-likeness (QED) is 0.144. The number of aromatic hydroxyl groups is 2. The minimum Gasteiger partial charge on any atom is -0.504 e. The number of carboxylic acid groups (broad SMARTS) is 2. The maximum Gasteiger partial charge on any atom is 0.322 e. The van der Waals surface area contributed by atoms with E-state index in [0.717, 1.165) is 48.6 Å². The Labute approximate surface area is 241 Å². The lowest BCUT2D eigenvalue weighted by molar-refractivity contribution is -0.139. The van der Waals surface area contributed by atoms with Gasteiger partial charge in [-0.1, -0.05) is 6.92 Å². The largest absolute Gasteiger partial charge is 0.504 e. The Bertz CT molecular complexity index is 1250. The van der Waals surface area contributed by atoms with Crippen LogP contribution in [0.2, 0.25) is 0 Å². The van der Waals surface area contributed by atoms with E-state index in [1.807, 2.05) is 0 Å². The second-order valence-corrected chi connectivity index (χ2v) is 12.5. The zero-order valence-corrected chi connectivity index (χ0v) is 23.7. The fourth-order valence-corrected chi connectivity index (χ4v) is 8.16. The number of thioether (sulfide) groups is 1. The number of rotatable bonds is 11. The van der Waals surface area contributed by atoms with Gasteiger partial charge in [-0.3, -0.25) is 24.0 Å². The van der Waals surface area contributed by atoms with Crippen LogP contribution >= 0.6 is 11.8 Å². The Morgan fingerprint density at radius 3 is 2.56 bits per heavy atom. The van der Waals surface area contributed by atoms with Gasteiger partial charge in [0, 0.05) is 24.0 Å². The van der Waals surface area contributed by atoms with E-state index < -0.39 is 42.4 Å². The van der Waals surface area contributed by atoms with Gasteiger partial charge in [0.1, 0.15) is 24.4 Å². The van der Waals surface area contributed by atoms with Crippen molar-refractivity contribution in [2.75, 3.05) is 12.3 Å². The summed E-state index contributed by atoms with van der Waals surface area (Å²) in [5, 5.41) is 44.2. The molecule has 8 N–H and O–H groups in total. The smallest absolute Gasteiger partial charge is 0.322 e. The number of hydrogen-bond acceptors (Lipinski definition) is 9. The number of carbonyl (C=O) groups excluding carboxylic acids is 3. The van der Waals surface area contributed by atoms with E-state index in [1.165, 1.54) is 0 Å². The predicted molar refractivity (Wildman–Crippen MR) is 148 cm³/mol. The molecule has 0 radical (unpaired) electrons. The van der Waals surface area contributed by atoms with Crippen LogP contribution in [-0.2, 0) is 30.4 Å². The minimum atomic E-state index is -1.27. The van der Waals surface area contributed by atoms with Crippen LogP contribution in [-0.4, -0.2) is 74.3 Å². The van der Waals surface area contributed by atoms with Crippen LogP contribution in [0, 0.1) is 17.3 Å². The number of nitrogens with one attached hydrogen (secondary N) is 2. The first-order valence-electron chi connectivity index (χ1n) is 13.8. The van der Waals surface area contributed by atoms with E-state index in [0.29, 0.717) is 23.5 Å². The van der Waals surface area contributed by atoms with E-state index in [4.69, 9.17) is 15.9 Å². The molecule has 3 aliphatic carbocycles. The van der Waals surface area contributed by atoms with Gasteiger partial charge in [0.25, 0.3) is 0 Å². The lowest BCUT2D eigenvalue weighted by Gasteiger charge is -2.48. The van der Waals surface area contributed by atoms with Crippen LogP contribution in [0.5, 0.6) is 11.5 Å². The third kappa shape index (κ3) is 6.30. The summed E-state index contributed by atoms with van der Waals surface area (Å²) < 4.78 is 0. The fraction of sp³-hybridized carbons (Fsp3) is 0.607. The van der Waals surface area contributed by atoms with E-state index in [9.17, 15) is 34.2 Å². The second-order valence-electron chi connectivity index (χ2n) is 11.5. The van der Waals surface area contributed by atoms with Crippen molar-refractivity contribution in [3.63, 3.8) is 0 Å². The van der Waals surface area contributed by atoms with Crippen molar-refractivity contribution in [3.8, 4) is 11.5 Å². The first-order chi connectivity index (χ1) is 19.3. The highest BCUT2D eigenvalue weighted by Gasteiger charge is 2.55. The molecule has 3 aliphatic rings. The first kappa shape index (κ1) is 30.6. The molecule has 2 fully saturated rings. The van der Waals surface area contributed by atoms with Crippen molar-refractivity contribution in [2.45, 2.75) is 81.2 Å². The maximum atomic E-state index is 12.8. The molecular weight excluding hydrogens is 554 g/mol.